The molecule has 0 N–H and O–H groups in total. The largest absolute Gasteiger partial charge is 0.452 e. The third-order valence-electron chi connectivity index (χ3n) is 8.66. The van der Waals surface area contributed by atoms with Crippen molar-refractivity contribution in [3.63, 3.8) is 0 Å². The van der Waals surface area contributed by atoms with Gasteiger partial charge >= 0.3 is 6.85 Å². The number of nitrogens with zero attached hydrogens (tertiary/aromatic N) is 3. The summed E-state index contributed by atoms with van der Waals surface area (Å²) in [6.07, 6.45) is 0. The zero-order valence-corrected chi connectivity index (χ0v) is 21.9. The van der Waals surface area contributed by atoms with E-state index in [1.54, 1.807) is 0 Å². The van der Waals surface area contributed by atoms with Crippen LogP contribution in [0.1, 0.15) is 26.3 Å². The molecule has 1 aromatic heterocycles. The van der Waals surface area contributed by atoms with Crippen molar-refractivity contribution >= 4 is 56.5 Å². The molecular formula is C33H24BN3O2. The second-order valence-corrected chi connectivity index (χ2v) is 11.8. The summed E-state index contributed by atoms with van der Waals surface area (Å²) in [4.78, 5) is 16.5. The first kappa shape index (κ1) is 21.3. The summed E-state index contributed by atoms with van der Waals surface area (Å²) in [6.45, 7) is 6.32. The van der Waals surface area contributed by atoms with Gasteiger partial charge in [-0.25, -0.2) is 0 Å². The highest BCUT2D eigenvalue weighted by Crippen LogP contribution is 2.54. The van der Waals surface area contributed by atoms with E-state index in [9.17, 15) is 4.79 Å². The van der Waals surface area contributed by atoms with E-state index in [0.29, 0.717) is 0 Å². The number of rotatable bonds is 0. The van der Waals surface area contributed by atoms with Crippen molar-refractivity contribution in [3.05, 3.63) is 107 Å². The van der Waals surface area contributed by atoms with Gasteiger partial charge in [0, 0.05) is 16.5 Å². The molecule has 6 aromatic rings. The lowest BCUT2D eigenvalue weighted by Crippen LogP contribution is -2.55. The monoisotopic (exact) mass is 505 g/mol. The maximum Gasteiger partial charge on any atom is 0.357 e. The quantitative estimate of drug-likeness (QED) is 0.234. The Morgan fingerprint density at radius 2 is 1.56 bits per heavy atom. The van der Waals surface area contributed by atoms with Gasteiger partial charge in [-0.05, 0) is 58.2 Å². The molecule has 0 radical (unpaired) electrons. The fourth-order valence-corrected chi connectivity index (χ4v) is 6.84. The average molecular weight is 505 g/mol. The lowest BCUT2D eigenvalue weighted by atomic mass is 9.48. The van der Waals surface area contributed by atoms with Crippen LogP contribution in [0.25, 0.3) is 27.4 Å². The van der Waals surface area contributed by atoms with Crippen molar-refractivity contribution in [2.75, 3.05) is 4.90 Å². The van der Waals surface area contributed by atoms with E-state index in [2.05, 4.69) is 121 Å². The van der Waals surface area contributed by atoms with Gasteiger partial charge in [0.05, 0.1) is 28.0 Å². The number of hydrogen-bond acceptors (Lipinski definition) is 3. The standard InChI is InChI=1S/C33H24BN3O2/c1-33(2,3)20-13-15-24-22(18-20)32(38)37-34-23-10-6-7-11-25(23)35-27-14-12-19-8-4-5-9-21(19)31(27)39-28-17-16-26(36(24)37)29(34)30(28)35/h4-18H,1-3H3. The van der Waals surface area contributed by atoms with Crippen LogP contribution in [0.15, 0.2) is 95.8 Å². The van der Waals surface area contributed by atoms with Crippen LogP contribution < -0.4 is 26.1 Å². The van der Waals surface area contributed by atoms with Crippen LogP contribution in [0, 0.1) is 0 Å². The number of aromatic nitrogens is 2. The summed E-state index contributed by atoms with van der Waals surface area (Å²) in [5.41, 5.74) is 8.47. The molecule has 0 fully saturated rings. The topological polar surface area (TPSA) is 39.4 Å². The zero-order chi connectivity index (χ0) is 26.2. The summed E-state index contributed by atoms with van der Waals surface area (Å²) in [5, 5.41) is 3.00. The zero-order valence-electron chi connectivity index (χ0n) is 21.9. The Balaban J connectivity index is 1.39. The SMILES string of the molecule is CC(C)(C)c1ccc2c(c1)c(=O)n1n2-c2ccc3c4c2B1c1ccccc1N4c1ccc2ccccc2c1O3. The van der Waals surface area contributed by atoms with Gasteiger partial charge in [0.1, 0.15) is 0 Å². The van der Waals surface area contributed by atoms with Crippen molar-refractivity contribution in [3.8, 4) is 17.2 Å². The van der Waals surface area contributed by atoms with Gasteiger partial charge in [-0.3, -0.25) is 14.1 Å². The molecule has 9 rings (SSSR count). The first-order valence-electron chi connectivity index (χ1n) is 13.5. The molecule has 0 aliphatic carbocycles. The van der Waals surface area contributed by atoms with Crippen LogP contribution in [0.2, 0.25) is 0 Å². The first-order valence-corrected chi connectivity index (χ1v) is 13.5. The fourth-order valence-electron chi connectivity index (χ4n) is 6.84. The Morgan fingerprint density at radius 1 is 0.769 bits per heavy atom. The van der Waals surface area contributed by atoms with Crippen LogP contribution in [-0.2, 0) is 5.41 Å². The maximum absolute atomic E-state index is 14.2. The van der Waals surface area contributed by atoms with Crippen LogP contribution in [0.4, 0.5) is 17.1 Å². The van der Waals surface area contributed by atoms with Gasteiger partial charge in [-0.2, -0.15) is 0 Å². The van der Waals surface area contributed by atoms with Crippen molar-refractivity contribution in [2.45, 2.75) is 26.2 Å². The van der Waals surface area contributed by atoms with E-state index >= 15 is 0 Å². The van der Waals surface area contributed by atoms with Crippen LogP contribution in [0.3, 0.4) is 0 Å². The van der Waals surface area contributed by atoms with Gasteiger partial charge in [0.25, 0.3) is 5.56 Å². The Bertz CT molecular complexity index is 2130. The minimum atomic E-state index is -0.231. The summed E-state index contributed by atoms with van der Waals surface area (Å²) >= 11 is 0. The number of hydrogen-bond donors (Lipinski definition) is 0. The molecule has 6 heteroatoms. The third kappa shape index (κ3) is 2.50. The van der Waals surface area contributed by atoms with Gasteiger partial charge in [-0.15, -0.1) is 0 Å². The maximum atomic E-state index is 14.2. The number of benzene rings is 5. The molecule has 5 nitrogen and oxygen atoms in total. The molecule has 186 valence electrons. The van der Waals surface area contributed by atoms with Gasteiger partial charge in [0.15, 0.2) is 11.5 Å². The Hall–Kier alpha value is -4.71. The molecule has 4 heterocycles. The van der Waals surface area contributed by atoms with Gasteiger partial charge < -0.3 is 9.64 Å². The van der Waals surface area contributed by atoms with Crippen molar-refractivity contribution < 1.29 is 4.74 Å². The molecule has 0 saturated heterocycles. The normalized spacial score (nSPS) is 14.2. The summed E-state index contributed by atoms with van der Waals surface area (Å²) < 4.78 is 10.8. The summed E-state index contributed by atoms with van der Waals surface area (Å²) in [7, 11) is 0. The summed E-state index contributed by atoms with van der Waals surface area (Å²) in [6, 6.07) is 31.7. The Morgan fingerprint density at radius 3 is 2.44 bits per heavy atom. The van der Waals surface area contributed by atoms with Crippen molar-refractivity contribution in [1.29, 1.82) is 0 Å². The van der Waals surface area contributed by atoms with Crippen molar-refractivity contribution in [1.82, 2.24) is 9.27 Å². The highest BCUT2D eigenvalue weighted by atomic mass is 16.5. The molecule has 0 unspecified atom stereocenters. The number of para-hydroxylation sites is 1. The second-order valence-electron chi connectivity index (χ2n) is 11.8. The van der Waals surface area contributed by atoms with E-state index in [0.717, 1.165) is 72.4 Å². The van der Waals surface area contributed by atoms with Crippen LogP contribution in [0.5, 0.6) is 11.5 Å². The molecule has 3 aliphatic heterocycles. The third-order valence-corrected chi connectivity index (χ3v) is 8.66. The van der Waals surface area contributed by atoms with E-state index < -0.39 is 0 Å². The predicted molar refractivity (Wildman–Crippen MR) is 159 cm³/mol. The minimum Gasteiger partial charge on any atom is -0.452 e. The minimum absolute atomic E-state index is 0.0393. The number of anilines is 3. The molecule has 0 saturated carbocycles. The first-order chi connectivity index (χ1) is 18.9. The Kier molecular flexibility index (Phi) is 3.72. The average Bonchev–Trinajstić information content (AvgIpc) is 3.44. The van der Waals surface area contributed by atoms with E-state index in [1.165, 1.54) is 0 Å². The molecule has 0 amide bonds. The molecule has 5 aromatic carbocycles. The van der Waals surface area contributed by atoms with E-state index in [1.807, 2.05) is 4.59 Å². The second kappa shape index (κ2) is 6.83. The number of fused-ring (bicyclic) bond motifs is 12. The summed E-state index contributed by atoms with van der Waals surface area (Å²) in [5.74, 6) is 1.68. The highest BCUT2D eigenvalue weighted by Gasteiger charge is 2.48. The van der Waals surface area contributed by atoms with Crippen LogP contribution in [-0.4, -0.2) is 16.1 Å². The van der Waals surface area contributed by atoms with Gasteiger partial charge in [0.2, 0.25) is 0 Å². The smallest absolute Gasteiger partial charge is 0.357 e. The molecule has 0 spiro atoms. The molecular weight excluding hydrogens is 481 g/mol. The van der Waals surface area contributed by atoms with Gasteiger partial charge in [-0.1, -0.05) is 75.4 Å². The van der Waals surface area contributed by atoms with E-state index in [-0.39, 0.29) is 17.8 Å². The molecule has 0 bridgehead atoms. The fraction of sp³-hybridized carbons (Fsp3) is 0.121. The highest BCUT2D eigenvalue weighted by molar-refractivity contribution is 6.88. The lowest BCUT2D eigenvalue weighted by molar-refractivity contribution is 0.483. The molecule has 3 aliphatic rings. The Labute approximate surface area is 225 Å². The molecule has 39 heavy (non-hydrogen) atoms. The van der Waals surface area contributed by atoms with Crippen LogP contribution >= 0.6 is 0 Å². The molecule has 0 atom stereocenters. The lowest BCUT2D eigenvalue weighted by Gasteiger charge is -2.39. The van der Waals surface area contributed by atoms with E-state index in [4.69, 9.17) is 4.74 Å². The van der Waals surface area contributed by atoms with Crippen molar-refractivity contribution in [2.24, 2.45) is 0 Å². The number of ether oxygens (including phenoxy) is 1. The predicted octanol–water partition coefficient (Wildman–Crippen LogP) is 6.10.